The zero-order valence-corrected chi connectivity index (χ0v) is 20.2. The zero-order valence-electron chi connectivity index (χ0n) is 18.5. The Balaban J connectivity index is 1.18. The maximum absolute atomic E-state index is 12.8. The summed E-state index contributed by atoms with van der Waals surface area (Å²) in [4.78, 5) is 35.3. The number of nitrogens with one attached hydrogen (secondary N) is 1. The average molecular weight is 484 g/mol. The number of hydrogen-bond donors (Lipinski definition) is 2. The van der Waals surface area contributed by atoms with Gasteiger partial charge in [0.15, 0.2) is 5.13 Å². The standard InChI is InChI=1S/C24H29N5O2S2/c25-19(15-18-6-3-13-32-18)23(31)28-9-11-29(12-10-28)24-27-20-8-7-17(14-21(20)33-24)26-22(30)16-4-1-2-5-16/h3,6-8,13-14,16,19H,1-2,4-5,9-12,15,25H2,(H,26,30)/t19-/m0/s1. The Kier molecular flexibility index (Phi) is 6.62. The number of thiophene rings is 1. The van der Waals surface area contributed by atoms with Crippen molar-refractivity contribution in [3.05, 3.63) is 40.6 Å². The Morgan fingerprint density at radius 1 is 1.15 bits per heavy atom. The van der Waals surface area contributed by atoms with Gasteiger partial charge in [0.2, 0.25) is 11.8 Å². The summed E-state index contributed by atoms with van der Waals surface area (Å²) < 4.78 is 1.06. The minimum atomic E-state index is -0.490. The molecule has 2 fully saturated rings. The quantitative estimate of drug-likeness (QED) is 0.558. The molecule has 9 heteroatoms. The summed E-state index contributed by atoms with van der Waals surface area (Å²) >= 11 is 3.27. The van der Waals surface area contributed by atoms with Crippen LogP contribution < -0.4 is 16.0 Å². The maximum atomic E-state index is 12.8. The van der Waals surface area contributed by atoms with Gasteiger partial charge in [-0.1, -0.05) is 30.2 Å². The third-order valence-electron chi connectivity index (χ3n) is 6.55. The zero-order chi connectivity index (χ0) is 22.8. The highest BCUT2D eigenvalue weighted by molar-refractivity contribution is 7.22. The van der Waals surface area contributed by atoms with Crippen molar-refractivity contribution in [1.29, 1.82) is 0 Å². The van der Waals surface area contributed by atoms with E-state index in [1.54, 1.807) is 22.7 Å². The highest BCUT2D eigenvalue weighted by Crippen LogP contribution is 2.32. The SMILES string of the molecule is N[C@@H](Cc1cccs1)C(=O)N1CCN(c2nc3ccc(NC(=O)C4CCCC4)cc3s2)CC1. The summed E-state index contributed by atoms with van der Waals surface area (Å²) in [5.41, 5.74) is 7.96. The van der Waals surface area contributed by atoms with Crippen molar-refractivity contribution in [2.45, 2.75) is 38.1 Å². The first kappa shape index (κ1) is 22.3. The number of rotatable bonds is 6. The van der Waals surface area contributed by atoms with Crippen LogP contribution in [0.1, 0.15) is 30.6 Å². The van der Waals surface area contributed by atoms with Crippen molar-refractivity contribution in [3.63, 3.8) is 0 Å². The molecular formula is C24H29N5O2S2. The maximum Gasteiger partial charge on any atom is 0.239 e. The lowest BCUT2D eigenvalue weighted by Crippen LogP contribution is -2.53. The number of nitrogens with zero attached hydrogens (tertiary/aromatic N) is 3. The van der Waals surface area contributed by atoms with Crippen LogP contribution in [-0.4, -0.2) is 53.9 Å². The molecule has 0 radical (unpaired) electrons. The van der Waals surface area contributed by atoms with Gasteiger partial charge in [0, 0.05) is 49.1 Å². The highest BCUT2D eigenvalue weighted by Gasteiger charge is 2.27. The molecule has 1 atom stereocenters. The van der Waals surface area contributed by atoms with Gasteiger partial charge in [-0.2, -0.15) is 0 Å². The number of carbonyl (C=O) groups excluding carboxylic acids is 2. The van der Waals surface area contributed by atoms with Gasteiger partial charge in [0.1, 0.15) is 0 Å². The predicted molar refractivity (Wildman–Crippen MR) is 135 cm³/mol. The molecule has 1 saturated heterocycles. The van der Waals surface area contributed by atoms with E-state index < -0.39 is 6.04 Å². The Hall–Kier alpha value is -2.49. The number of aromatic nitrogens is 1. The number of carbonyl (C=O) groups is 2. The van der Waals surface area contributed by atoms with Gasteiger partial charge < -0.3 is 20.9 Å². The summed E-state index contributed by atoms with van der Waals surface area (Å²) in [5.74, 6) is 0.305. The Labute approximate surface area is 201 Å². The van der Waals surface area contributed by atoms with Gasteiger partial charge >= 0.3 is 0 Å². The fraction of sp³-hybridized carbons (Fsp3) is 0.458. The van der Waals surface area contributed by atoms with Crippen LogP contribution in [0.3, 0.4) is 0 Å². The molecule has 1 aliphatic carbocycles. The number of anilines is 2. The fourth-order valence-electron chi connectivity index (χ4n) is 4.64. The van der Waals surface area contributed by atoms with Crippen molar-refractivity contribution in [3.8, 4) is 0 Å². The van der Waals surface area contributed by atoms with Crippen LogP contribution in [0, 0.1) is 5.92 Å². The molecule has 174 valence electrons. The number of benzene rings is 1. The molecule has 1 saturated carbocycles. The van der Waals surface area contributed by atoms with E-state index in [0.717, 1.165) is 64.7 Å². The monoisotopic (exact) mass is 483 g/mol. The second-order valence-electron chi connectivity index (χ2n) is 8.85. The molecule has 3 aromatic rings. The van der Waals surface area contributed by atoms with Crippen molar-refractivity contribution in [2.24, 2.45) is 11.7 Å². The lowest BCUT2D eigenvalue weighted by atomic mass is 10.1. The van der Waals surface area contributed by atoms with E-state index in [2.05, 4.69) is 10.2 Å². The molecular weight excluding hydrogens is 454 g/mol. The Morgan fingerprint density at radius 3 is 2.67 bits per heavy atom. The first-order chi connectivity index (χ1) is 16.1. The topological polar surface area (TPSA) is 91.6 Å². The van der Waals surface area contributed by atoms with Gasteiger partial charge in [0.05, 0.1) is 16.3 Å². The fourth-order valence-corrected chi connectivity index (χ4v) is 6.46. The van der Waals surface area contributed by atoms with Crippen molar-refractivity contribution < 1.29 is 9.59 Å². The molecule has 2 aliphatic rings. The van der Waals surface area contributed by atoms with Crippen molar-refractivity contribution in [2.75, 3.05) is 36.4 Å². The van der Waals surface area contributed by atoms with Crippen LogP contribution in [0.5, 0.6) is 0 Å². The molecule has 2 amide bonds. The number of fused-ring (bicyclic) bond motifs is 1. The summed E-state index contributed by atoms with van der Waals surface area (Å²) in [6.07, 6.45) is 4.87. The Morgan fingerprint density at radius 2 is 1.94 bits per heavy atom. The van der Waals surface area contributed by atoms with Crippen molar-refractivity contribution >= 4 is 55.5 Å². The molecule has 3 N–H and O–H groups in total. The summed E-state index contributed by atoms with van der Waals surface area (Å²) in [5, 5.41) is 6.05. The number of amides is 2. The van der Waals surface area contributed by atoms with Gasteiger partial charge in [0.25, 0.3) is 0 Å². The van der Waals surface area contributed by atoms with Crippen LogP contribution in [0.2, 0.25) is 0 Å². The third-order valence-corrected chi connectivity index (χ3v) is 8.53. The molecule has 7 nitrogen and oxygen atoms in total. The number of hydrogen-bond acceptors (Lipinski definition) is 7. The van der Waals surface area contributed by atoms with Gasteiger partial charge in [-0.05, 0) is 42.5 Å². The highest BCUT2D eigenvalue weighted by atomic mass is 32.1. The molecule has 1 aliphatic heterocycles. The molecule has 0 bridgehead atoms. The lowest BCUT2D eigenvalue weighted by molar-refractivity contribution is -0.132. The van der Waals surface area contributed by atoms with E-state index in [4.69, 9.17) is 10.7 Å². The summed E-state index contributed by atoms with van der Waals surface area (Å²) in [7, 11) is 0. The molecule has 33 heavy (non-hydrogen) atoms. The van der Waals surface area contributed by atoms with Crippen LogP contribution in [0.15, 0.2) is 35.7 Å². The minimum Gasteiger partial charge on any atom is -0.345 e. The van der Waals surface area contributed by atoms with Crippen LogP contribution in [-0.2, 0) is 16.0 Å². The molecule has 0 spiro atoms. The van der Waals surface area contributed by atoms with E-state index in [1.807, 2.05) is 40.6 Å². The van der Waals surface area contributed by atoms with Crippen LogP contribution >= 0.6 is 22.7 Å². The van der Waals surface area contributed by atoms with E-state index in [9.17, 15) is 9.59 Å². The van der Waals surface area contributed by atoms with Gasteiger partial charge in [-0.3, -0.25) is 9.59 Å². The van der Waals surface area contributed by atoms with Gasteiger partial charge in [-0.15, -0.1) is 11.3 Å². The molecule has 3 heterocycles. The number of thiazole rings is 1. The largest absolute Gasteiger partial charge is 0.345 e. The van der Waals surface area contributed by atoms with E-state index >= 15 is 0 Å². The summed E-state index contributed by atoms with van der Waals surface area (Å²) in [6, 6.07) is 9.45. The lowest BCUT2D eigenvalue weighted by Gasteiger charge is -2.35. The minimum absolute atomic E-state index is 0.0231. The van der Waals surface area contributed by atoms with Gasteiger partial charge in [-0.25, -0.2) is 4.98 Å². The van der Waals surface area contributed by atoms with E-state index in [0.29, 0.717) is 19.5 Å². The smallest absolute Gasteiger partial charge is 0.239 e. The molecule has 5 rings (SSSR count). The molecule has 2 aromatic heterocycles. The third kappa shape index (κ3) is 5.05. The second kappa shape index (κ2) is 9.79. The Bertz CT molecular complexity index is 1120. The number of nitrogens with two attached hydrogens (primary N) is 1. The average Bonchev–Trinajstić information content (AvgIpc) is 3.60. The first-order valence-electron chi connectivity index (χ1n) is 11.6. The van der Waals surface area contributed by atoms with E-state index in [1.165, 1.54) is 0 Å². The first-order valence-corrected chi connectivity index (χ1v) is 13.3. The van der Waals surface area contributed by atoms with Crippen LogP contribution in [0.25, 0.3) is 10.2 Å². The molecule has 0 unspecified atom stereocenters. The predicted octanol–water partition coefficient (Wildman–Crippen LogP) is 3.71. The number of piperazine rings is 1. The summed E-state index contributed by atoms with van der Waals surface area (Å²) in [6.45, 7) is 2.77. The molecule has 1 aromatic carbocycles. The van der Waals surface area contributed by atoms with E-state index in [-0.39, 0.29) is 17.7 Å². The van der Waals surface area contributed by atoms with Crippen LogP contribution in [0.4, 0.5) is 10.8 Å². The second-order valence-corrected chi connectivity index (χ2v) is 10.9. The van der Waals surface area contributed by atoms with Crippen molar-refractivity contribution in [1.82, 2.24) is 9.88 Å². The normalized spacial score (nSPS) is 18.1.